The molecule has 0 bridgehead atoms. The zero-order chi connectivity index (χ0) is 21.4. The summed E-state index contributed by atoms with van der Waals surface area (Å²) in [5.74, 6) is 0. The van der Waals surface area contributed by atoms with Crippen LogP contribution in [-0.2, 0) is 20.0 Å². The van der Waals surface area contributed by atoms with Crippen LogP contribution < -0.4 is 4.72 Å². The van der Waals surface area contributed by atoms with Crippen LogP contribution in [0.25, 0.3) is 0 Å². The van der Waals surface area contributed by atoms with Crippen LogP contribution in [-0.4, -0.2) is 34.2 Å². The van der Waals surface area contributed by atoms with Crippen LogP contribution >= 0.6 is 0 Å². The fourth-order valence-electron chi connectivity index (χ4n) is 3.91. The maximum atomic E-state index is 13.1. The van der Waals surface area contributed by atoms with Crippen LogP contribution in [0.2, 0.25) is 0 Å². The molecule has 2 aromatic rings. The van der Waals surface area contributed by atoms with Gasteiger partial charge in [-0.15, -0.1) is 0 Å². The van der Waals surface area contributed by atoms with Crippen LogP contribution in [0.3, 0.4) is 0 Å². The predicted molar refractivity (Wildman–Crippen MR) is 115 cm³/mol. The minimum absolute atomic E-state index is 0.111. The molecular weight excluding hydrogens is 408 g/mol. The summed E-state index contributed by atoms with van der Waals surface area (Å²) in [4.78, 5) is 0.340. The first-order valence-electron chi connectivity index (χ1n) is 9.74. The second-order valence-electron chi connectivity index (χ2n) is 7.77. The number of anilines is 1. The summed E-state index contributed by atoms with van der Waals surface area (Å²) >= 11 is 0. The average Bonchev–Trinajstić information content (AvgIpc) is 2.62. The van der Waals surface area contributed by atoms with E-state index in [1.807, 2.05) is 19.1 Å². The van der Waals surface area contributed by atoms with Gasteiger partial charge in [0.2, 0.25) is 10.0 Å². The minimum Gasteiger partial charge on any atom is -0.279 e. The maximum absolute atomic E-state index is 13.1. The Bertz CT molecular complexity index is 1110. The van der Waals surface area contributed by atoms with Crippen molar-refractivity contribution in [3.05, 3.63) is 52.6 Å². The second-order valence-corrected chi connectivity index (χ2v) is 11.3. The molecular formula is C21H28N2O4S2. The Morgan fingerprint density at radius 1 is 0.793 bits per heavy atom. The summed E-state index contributed by atoms with van der Waals surface area (Å²) in [6, 6.07) is 8.26. The SMILES string of the molecule is Cc1cc(C)c(S(=O)(=O)Nc2cc(S(=O)(=O)N3CCCCC3)ccc2C)c(C)c1. The summed E-state index contributed by atoms with van der Waals surface area (Å²) in [5, 5.41) is 0. The highest BCUT2D eigenvalue weighted by molar-refractivity contribution is 7.92. The van der Waals surface area contributed by atoms with E-state index in [0.29, 0.717) is 29.8 Å². The molecule has 3 rings (SSSR count). The zero-order valence-corrected chi connectivity index (χ0v) is 19.0. The first-order chi connectivity index (χ1) is 13.5. The molecule has 1 fully saturated rings. The lowest BCUT2D eigenvalue weighted by atomic mass is 10.1. The van der Waals surface area contributed by atoms with Gasteiger partial charge in [-0.05, 0) is 69.4 Å². The number of hydrogen-bond donors (Lipinski definition) is 1. The van der Waals surface area contributed by atoms with Gasteiger partial charge in [0.05, 0.1) is 15.5 Å². The quantitative estimate of drug-likeness (QED) is 0.771. The summed E-state index contributed by atoms with van der Waals surface area (Å²) < 4.78 is 56.2. The largest absolute Gasteiger partial charge is 0.279 e. The molecule has 1 N–H and O–H groups in total. The van der Waals surface area contributed by atoms with E-state index in [-0.39, 0.29) is 15.5 Å². The van der Waals surface area contributed by atoms with Crippen molar-refractivity contribution in [2.75, 3.05) is 17.8 Å². The van der Waals surface area contributed by atoms with Crippen LogP contribution in [0.1, 0.15) is 41.5 Å². The molecule has 0 spiro atoms. The number of aryl methyl sites for hydroxylation is 4. The van der Waals surface area contributed by atoms with Gasteiger partial charge in [-0.3, -0.25) is 4.72 Å². The number of hydrogen-bond acceptors (Lipinski definition) is 4. The van der Waals surface area contributed by atoms with Crippen molar-refractivity contribution in [3.8, 4) is 0 Å². The maximum Gasteiger partial charge on any atom is 0.262 e. The number of sulfonamides is 2. The molecule has 1 saturated heterocycles. The zero-order valence-electron chi connectivity index (χ0n) is 17.3. The smallest absolute Gasteiger partial charge is 0.262 e. The van der Waals surface area contributed by atoms with Gasteiger partial charge in [-0.25, -0.2) is 16.8 Å². The normalized spacial score (nSPS) is 16.0. The van der Waals surface area contributed by atoms with Gasteiger partial charge >= 0.3 is 0 Å². The van der Waals surface area contributed by atoms with E-state index >= 15 is 0 Å². The molecule has 1 heterocycles. The molecule has 158 valence electrons. The summed E-state index contributed by atoms with van der Waals surface area (Å²) in [6.07, 6.45) is 2.72. The lowest BCUT2D eigenvalue weighted by Crippen LogP contribution is -2.35. The first-order valence-corrected chi connectivity index (χ1v) is 12.7. The van der Waals surface area contributed by atoms with E-state index in [4.69, 9.17) is 0 Å². The number of nitrogens with zero attached hydrogens (tertiary/aromatic N) is 1. The van der Waals surface area contributed by atoms with Gasteiger partial charge in [0.15, 0.2) is 0 Å². The number of rotatable bonds is 5. The lowest BCUT2D eigenvalue weighted by molar-refractivity contribution is 0.346. The molecule has 0 amide bonds. The molecule has 8 heteroatoms. The van der Waals surface area contributed by atoms with Crippen molar-refractivity contribution < 1.29 is 16.8 Å². The van der Waals surface area contributed by atoms with Crippen LogP contribution in [0.4, 0.5) is 5.69 Å². The third-order valence-corrected chi connectivity index (χ3v) is 8.84. The van der Waals surface area contributed by atoms with E-state index in [1.165, 1.54) is 10.4 Å². The third-order valence-electron chi connectivity index (χ3n) is 5.28. The fourth-order valence-corrected chi connectivity index (χ4v) is 7.03. The molecule has 0 radical (unpaired) electrons. The second kappa shape index (κ2) is 8.08. The van der Waals surface area contributed by atoms with Gasteiger partial charge in [-0.1, -0.05) is 30.2 Å². The summed E-state index contributed by atoms with van der Waals surface area (Å²) in [5.41, 5.74) is 3.25. The number of piperidine rings is 1. The molecule has 0 atom stereocenters. The van der Waals surface area contributed by atoms with Gasteiger partial charge in [0, 0.05) is 13.1 Å². The first kappa shape index (κ1) is 21.8. The van der Waals surface area contributed by atoms with E-state index in [2.05, 4.69) is 4.72 Å². The van der Waals surface area contributed by atoms with Crippen LogP contribution in [0, 0.1) is 27.7 Å². The summed E-state index contributed by atoms with van der Waals surface area (Å²) in [6.45, 7) is 8.20. The Balaban J connectivity index is 1.99. The predicted octanol–water partition coefficient (Wildman–Crippen LogP) is 3.90. The Morgan fingerprint density at radius 2 is 1.38 bits per heavy atom. The van der Waals surface area contributed by atoms with Crippen molar-refractivity contribution in [1.82, 2.24) is 4.31 Å². The number of benzene rings is 2. The van der Waals surface area contributed by atoms with Crippen molar-refractivity contribution in [3.63, 3.8) is 0 Å². The molecule has 0 aromatic heterocycles. The third kappa shape index (κ3) is 4.49. The molecule has 29 heavy (non-hydrogen) atoms. The molecule has 1 aliphatic rings. The lowest BCUT2D eigenvalue weighted by Gasteiger charge is -2.26. The Hall–Kier alpha value is -1.90. The Morgan fingerprint density at radius 3 is 1.97 bits per heavy atom. The van der Waals surface area contributed by atoms with Gasteiger partial charge in [0.25, 0.3) is 10.0 Å². The van der Waals surface area contributed by atoms with Crippen LogP contribution in [0.15, 0.2) is 40.1 Å². The van der Waals surface area contributed by atoms with Gasteiger partial charge < -0.3 is 0 Å². The van der Waals surface area contributed by atoms with E-state index < -0.39 is 20.0 Å². The highest BCUT2D eigenvalue weighted by atomic mass is 32.2. The van der Waals surface area contributed by atoms with Crippen LogP contribution in [0.5, 0.6) is 0 Å². The highest BCUT2D eigenvalue weighted by Gasteiger charge is 2.27. The van der Waals surface area contributed by atoms with Gasteiger partial charge in [0.1, 0.15) is 0 Å². The fraction of sp³-hybridized carbons (Fsp3) is 0.429. The van der Waals surface area contributed by atoms with E-state index in [0.717, 1.165) is 24.8 Å². The molecule has 0 unspecified atom stereocenters. The highest BCUT2D eigenvalue weighted by Crippen LogP contribution is 2.29. The van der Waals surface area contributed by atoms with E-state index in [9.17, 15) is 16.8 Å². The molecule has 2 aromatic carbocycles. The molecule has 0 aliphatic carbocycles. The van der Waals surface area contributed by atoms with Crippen molar-refractivity contribution >= 4 is 25.7 Å². The molecule has 1 aliphatic heterocycles. The number of nitrogens with one attached hydrogen (secondary N) is 1. The minimum atomic E-state index is -3.86. The summed E-state index contributed by atoms with van der Waals surface area (Å²) in [7, 11) is -7.50. The average molecular weight is 437 g/mol. The Labute approximate surface area is 174 Å². The topological polar surface area (TPSA) is 83.5 Å². The van der Waals surface area contributed by atoms with E-state index in [1.54, 1.807) is 32.9 Å². The standard InChI is InChI=1S/C21H28N2O4S2/c1-15-12-17(3)21(18(4)13-15)28(24,25)22-20-14-19(9-8-16(20)2)29(26,27)23-10-6-5-7-11-23/h8-9,12-14,22H,5-7,10-11H2,1-4H3. The monoisotopic (exact) mass is 436 g/mol. The van der Waals surface area contributed by atoms with Crippen molar-refractivity contribution in [2.45, 2.75) is 56.7 Å². The molecule has 6 nitrogen and oxygen atoms in total. The van der Waals surface area contributed by atoms with Gasteiger partial charge in [-0.2, -0.15) is 4.31 Å². The Kier molecular flexibility index (Phi) is 6.08. The van der Waals surface area contributed by atoms with Crippen molar-refractivity contribution in [2.24, 2.45) is 0 Å². The van der Waals surface area contributed by atoms with Crippen molar-refractivity contribution in [1.29, 1.82) is 0 Å². The molecule has 0 saturated carbocycles.